The van der Waals surface area contributed by atoms with Crippen molar-refractivity contribution >= 4 is 16.0 Å². The largest absolute Gasteiger partial charge is 0.480 e. The second-order valence-corrected chi connectivity index (χ2v) is 6.63. The van der Waals surface area contributed by atoms with Gasteiger partial charge in [-0.2, -0.15) is 0 Å². The minimum absolute atomic E-state index is 0.0944. The molecule has 0 heterocycles. The van der Waals surface area contributed by atoms with Crippen LogP contribution in [0.3, 0.4) is 0 Å². The van der Waals surface area contributed by atoms with E-state index in [0.717, 1.165) is 25.7 Å². The van der Waals surface area contributed by atoms with Crippen LogP contribution < -0.4 is 4.72 Å². The summed E-state index contributed by atoms with van der Waals surface area (Å²) in [5.41, 5.74) is 0. The van der Waals surface area contributed by atoms with Crippen LogP contribution in [-0.2, 0) is 14.8 Å². The number of sulfonamides is 1. The Morgan fingerprint density at radius 3 is 2.25 bits per heavy atom. The summed E-state index contributed by atoms with van der Waals surface area (Å²) >= 11 is 0. The van der Waals surface area contributed by atoms with Gasteiger partial charge in [-0.05, 0) is 38.5 Å². The van der Waals surface area contributed by atoms with Gasteiger partial charge in [-0.1, -0.05) is 6.92 Å². The van der Waals surface area contributed by atoms with E-state index in [2.05, 4.69) is 11.6 Å². The average molecular weight is 249 g/mol. The Balaban J connectivity index is 2.56. The number of carboxylic acids is 1. The molecule has 2 N–H and O–H groups in total. The molecular formula is C10H19NO4S. The Labute approximate surface area is 96.3 Å². The minimum atomic E-state index is -3.73. The lowest BCUT2D eigenvalue weighted by atomic mass is 9.88. The molecule has 1 rings (SSSR count). The molecule has 0 aromatic carbocycles. The van der Waals surface area contributed by atoms with Gasteiger partial charge in [0.15, 0.2) is 5.25 Å². The summed E-state index contributed by atoms with van der Waals surface area (Å²) in [7, 11) is -3.73. The number of rotatable bonds is 4. The van der Waals surface area contributed by atoms with E-state index in [9.17, 15) is 13.2 Å². The summed E-state index contributed by atoms with van der Waals surface area (Å²) in [4.78, 5) is 10.6. The summed E-state index contributed by atoms with van der Waals surface area (Å²) in [6, 6.07) is -0.0944. The van der Waals surface area contributed by atoms with Crippen LogP contribution in [0.5, 0.6) is 0 Å². The Morgan fingerprint density at radius 1 is 1.31 bits per heavy atom. The van der Waals surface area contributed by atoms with Crippen molar-refractivity contribution in [3.8, 4) is 0 Å². The van der Waals surface area contributed by atoms with E-state index in [1.807, 2.05) is 0 Å². The number of hydrogen-bond acceptors (Lipinski definition) is 3. The maximum atomic E-state index is 11.6. The fraction of sp³-hybridized carbons (Fsp3) is 0.900. The van der Waals surface area contributed by atoms with Crippen LogP contribution in [0, 0.1) is 5.92 Å². The van der Waals surface area contributed by atoms with E-state index in [-0.39, 0.29) is 6.04 Å². The molecule has 1 fully saturated rings. The first-order chi connectivity index (χ1) is 7.33. The molecule has 16 heavy (non-hydrogen) atoms. The highest BCUT2D eigenvalue weighted by atomic mass is 32.2. The molecule has 1 atom stereocenters. The van der Waals surface area contributed by atoms with Crippen molar-refractivity contribution in [3.05, 3.63) is 0 Å². The van der Waals surface area contributed by atoms with E-state index in [4.69, 9.17) is 5.11 Å². The number of carbonyl (C=O) groups is 1. The van der Waals surface area contributed by atoms with Gasteiger partial charge >= 0.3 is 5.97 Å². The molecule has 1 aliphatic carbocycles. The number of carboxylic acid groups (broad SMARTS) is 1. The van der Waals surface area contributed by atoms with Crippen LogP contribution >= 0.6 is 0 Å². The Kier molecular flexibility index (Phi) is 4.32. The maximum Gasteiger partial charge on any atom is 0.323 e. The molecule has 1 aliphatic rings. The van der Waals surface area contributed by atoms with Crippen molar-refractivity contribution in [2.24, 2.45) is 5.92 Å². The lowest BCUT2D eigenvalue weighted by molar-refractivity contribution is -0.136. The smallest absolute Gasteiger partial charge is 0.323 e. The number of hydrogen-bond donors (Lipinski definition) is 2. The molecule has 0 aliphatic heterocycles. The summed E-state index contributed by atoms with van der Waals surface area (Å²) in [5.74, 6) is -0.672. The molecule has 0 aromatic rings. The zero-order chi connectivity index (χ0) is 12.3. The molecule has 0 saturated heterocycles. The van der Waals surface area contributed by atoms with Crippen molar-refractivity contribution in [3.63, 3.8) is 0 Å². The van der Waals surface area contributed by atoms with E-state index in [0.29, 0.717) is 5.92 Å². The highest BCUT2D eigenvalue weighted by molar-refractivity contribution is 7.90. The van der Waals surface area contributed by atoms with Crippen LogP contribution in [-0.4, -0.2) is 30.8 Å². The number of nitrogens with one attached hydrogen (secondary N) is 1. The predicted molar refractivity (Wildman–Crippen MR) is 60.6 cm³/mol. The third kappa shape index (κ3) is 3.45. The maximum absolute atomic E-state index is 11.6. The first-order valence-corrected chi connectivity index (χ1v) is 7.11. The van der Waals surface area contributed by atoms with Gasteiger partial charge in [0.2, 0.25) is 10.0 Å². The molecule has 5 nitrogen and oxygen atoms in total. The topological polar surface area (TPSA) is 83.5 Å². The fourth-order valence-corrected chi connectivity index (χ4v) is 3.01. The van der Waals surface area contributed by atoms with Gasteiger partial charge < -0.3 is 5.11 Å². The molecule has 94 valence electrons. The first kappa shape index (κ1) is 13.4. The molecule has 0 radical (unpaired) electrons. The van der Waals surface area contributed by atoms with Crippen molar-refractivity contribution in [1.29, 1.82) is 0 Å². The van der Waals surface area contributed by atoms with Gasteiger partial charge in [-0.15, -0.1) is 0 Å². The van der Waals surface area contributed by atoms with Crippen LogP contribution in [0.2, 0.25) is 0 Å². The summed E-state index contributed by atoms with van der Waals surface area (Å²) in [6.45, 7) is 3.33. The standard InChI is InChI=1S/C10H19NO4S/c1-7-3-5-9(6-4-7)11-16(14,15)8(2)10(12)13/h7-9,11H,3-6H2,1-2H3,(H,12,13). The molecule has 0 bridgehead atoms. The normalized spacial score (nSPS) is 28.6. The lowest BCUT2D eigenvalue weighted by Gasteiger charge is -2.27. The SMILES string of the molecule is CC1CCC(NS(=O)(=O)C(C)C(=O)O)CC1. The zero-order valence-corrected chi connectivity index (χ0v) is 10.5. The van der Waals surface area contributed by atoms with Crippen molar-refractivity contribution in [1.82, 2.24) is 4.72 Å². The quantitative estimate of drug-likeness (QED) is 0.777. The van der Waals surface area contributed by atoms with Crippen LogP contribution in [0.4, 0.5) is 0 Å². The van der Waals surface area contributed by atoms with Gasteiger partial charge in [0.1, 0.15) is 0 Å². The van der Waals surface area contributed by atoms with E-state index >= 15 is 0 Å². The van der Waals surface area contributed by atoms with E-state index < -0.39 is 21.2 Å². The monoisotopic (exact) mass is 249 g/mol. The third-order valence-corrected chi connectivity index (χ3v) is 4.95. The number of aliphatic carboxylic acids is 1. The molecule has 0 amide bonds. The molecule has 1 saturated carbocycles. The molecule has 6 heteroatoms. The highest BCUT2D eigenvalue weighted by Crippen LogP contribution is 2.24. The third-order valence-electron chi connectivity index (χ3n) is 3.16. The zero-order valence-electron chi connectivity index (χ0n) is 9.64. The Hall–Kier alpha value is -0.620. The Morgan fingerprint density at radius 2 is 1.81 bits per heavy atom. The Bertz CT molecular complexity index is 344. The van der Waals surface area contributed by atoms with Crippen molar-refractivity contribution in [2.45, 2.75) is 50.8 Å². The van der Waals surface area contributed by atoms with Gasteiger partial charge in [0, 0.05) is 6.04 Å². The summed E-state index contributed by atoms with van der Waals surface area (Å²) < 4.78 is 25.7. The molecular weight excluding hydrogens is 230 g/mol. The van der Waals surface area contributed by atoms with Gasteiger partial charge in [0.05, 0.1) is 0 Å². The molecule has 0 aromatic heterocycles. The van der Waals surface area contributed by atoms with Crippen molar-refractivity contribution < 1.29 is 18.3 Å². The first-order valence-electron chi connectivity index (χ1n) is 5.57. The van der Waals surface area contributed by atoms with Crippen LogP contribution in [0.25, 0.3) is 0 Å². The fourth-order valence-electron chi connectivity index (χ4n) is 1.85. The predicted octanol–water partition coefficient (Wildman–Crippen LogP) is 0.958. The van der Waals surface area contributed by atoms with Gasteiger partial charge in [0.25, 0.3) is 0 Å². The van der Waals surface area contributed by atoms with E-state index in [1.165, 1.54) is 6.92 Å². The van der Waals surface area contributed by atoms with Crippen molar-refractivity contribution in [2.75, 3.05) is 0 Å². The summed E-state index contributed by atoms with van der Waals surface area (Å²) in [5, 5.41) is 7.29. The van der Waals surface area contributed by atoms with E-state index in [1.54, 1.807) is 0 Å². The summed E-state index contributed by atoms with van der Waals surface area (Å²) in [6.07, 6.45) is 3.59. The lowest BCUT2D eigenvalue weighted by Crippen LogP contribution is -2.44. The molecule has 1 unspecified atom stereocenters. The average Bonchev–Trinajstić information content (AvgIpc) is 2.20. The van der Waals surface area contributed by atoms with Crippen LogP contribution in [0.1, 0.15) is 39.5 Å². The molecule has 0 spiro atoms. The van der Waals surface area contributed by atoms with Crippen LogP contribution in [0.15, 0.2) is 0 Å². The highest BCUT2D eigenvalue weighted by Gasteiger charge is 2.31. The second kappa shape index (κ2) is 5.14. The van der Waals surface area contributed by atoms with Gasteiger partial charge in [-0.25, -0.2) is 13.1 Å². The minimum Gasteiger partial charge on any atom is -0.480 e. The van der Waals surface area contributed by atoms with Gasteiger partial charge in [-0.3, -0.25) is 4.79 Å². The second-order valence-electron chi connectivity index (χ2n) is 4.60.